The SMILES string of the molecule is C[C@H](CCc1ccccc1)NC(=O)CSc1nnc([C@@H]2COc3ccccc3O2)n1N. The van der Waals surface area contributed by atoms with Crippen molar-refractivity contribution in [1.82, 2.24) is 20.2 Å². The van der Waals surface area contributed by atoms with Crippen molar-refractivity contribution in [2.75, 3.05) is 18.2 Å². The minimum Gasteiger partial charge on any atom is -0.485 e. The van der Waals surface area contributed by atoms with Crippen LogP contribution in [0.1, 0.15) is 30.8 Å². The molecule has 2 atom stereocenters. The first kappa shape index (κ1) is 21.0. The molecule has 1 aliphatic heterocycles. The number of para-hydroxylation sites is 2. The van der Waals surface area contributed by atoms with E-state index in [9.17, 15) is 4.79 Å². The van der Waals surface area contributed by atoms with E-state index in [1.165, 1.54) is 22.0 Å². The number of carbonyl (C=O) groups excluding carboxylic acids is 1. The van der Waals surface area contributed by atoms with Crippen LogP contribution in [-0.4, -0.2) is 39.2 Å². The van der Waals surface area contributed by atoms with Gasteiger partial charge in [-0.3, -0.25) is 4.79 Å². The monoisotopic (exact) mass is 439 g/mol. The second kappa shape index (κ2) is 9.74. The molecule has 3 N–H and O–H groups in total. The van der Waals surface area contributed by atoms with Crippen LogP contribution < -0.4 is 20.6 Å². The zero-order valence-corrected chi connectivity index (χ0v) is 18.0. The molecule has 0 spiro atoms. The molecular formula is C22H25N5O3S. The number of nitrogen functional groups attached to an aromatic ring is 1. The van der Waals surface area contributed by atoms with E-state index in [1.54, 1.807) is 0 Å². The van der Waals surface area contributed by atoms with Crippen LogP contribution in [0.25, 0.3) is 0 Å². The standard InChI is InChI=1S/C22H25N5O3S/c1-15(11-12-16-7-3-2-4-8-16)24-20(28)14-31-22-26-25-21(27(22)23)19-13-29-17-9-5-6-10-18(17)30-19/h2-10,15,19H,11-14,23H2,1H3,(H,24,28)/t15-,19+/m1/s1. The predicted molar refractivity (Wildman–Crippen MR) is 119 cm³/mol. The topological polar surface area (TPSA) is 104 Å². The van der Waals surface area contributed by atoms with E-state index in [4.69, 9.17) is 15.3 Å². The Balaban J connectivity index is 1.26. The number of nitrogens with zero attached hydrogens (tertiary/aromatic N) is 3. The summed E-state index contributed by atoms with van der Waals surface area (Å²) in [6, 6.07) is 17.7. The molecule has 2 aromatic carbocycles. The lowest BCUT2D eigenvalue weighted by atomic mass is 10.1. The first-order valence-electron chi connectivity index (χ1n) is 10.1. The van der Waals surface area contributed by atoms with Gasteiger partial charge in [0.05, 0.1) is 5.75 Å². The third kappa shape index (κ3) is 5.29. The van der Waals surface area contributed by atoms with E-state index in [2.05, 4.69) is 27.6 Å². The van der Waals surface area contributed by atoms with E-state index in [0.717, 1.165) is 12.8 Å². The quantitative estimate of drug-likeness (QED) is 0.411. The van der Waals surface area contributed by atoms with Crippen LogP contribution in [0.5, 0.6) is 11.5 Å². The maximum Gasteiger partial charge on any atom is 0.230 e. The molecule has 1 amide bonds. The Morgan fingerprint density at radius 1 is 1.19 bits per heavy atom. The molecular weight excluding hydrogens is 414 g/mol. The molecule has 1 aromatic heterocycles. The highest BCUT2D eigenvalue weighted by molar-refractivity contribution is 7.99. The number of nitrogens with one attached hydrogen (secondary N) is 1. The number of benzene rings is 2. The largest absolute Gasteiger partial charge is 0.485 e. The number of fused-ring (bicyclic) bond motifs is 1. The van der Waals surface area contributed by atoms with E-state index in [1.807, 2.05) is 49.4 Å². The van der Waals surface area contributed by atoms with Gasteiger partial charge in [0.1, 0.15) is 6.61 Å². The summed E-state index contributed by atoms with van der Waals surface area (Å²) in [7, 11) is 0. The fraction of sp³-hybridized carbons (Fsp3) is 0.318. The fourth-order valence-corrected chi connectivity index (χ4v) is 3.97. The number of aryl methyl sites for hydroxylation is 1. The maximum absolute atomic E-state index is 12.3. The second-order valence-corrected chi connectivity index (χ2v) is 8.30. The van der Waals surface area contributed by atoms with E-state index < -0.39 is 6.10 Å². The van der Waals surface area contributed by atoms with Crippen LogP contribution >= 0.6 is 11.8 Å². The molecule has 0 bridgehead atoms. The van der Waals surface area contributed by atoms with Gasteiger partial charge in [-0.25, -0.2) is 4.68 Å². The number of rotatable bonds is 8. The highest BCUT2D eigenvalue weighted by atomic mass is 32.2. The number of hydrogen-bond acceptors (Lipinski definition) is 7. The molecule has 0 aliphatic carbocycles. The minimum atomic E-state index is -0.464. The lowest BCUT2D eigenvalue weighted by molar-refractivity contribution is -0.119. The van der Waals surface area contributed by atoms with Crippen LogP contribution in [0.3, 0.4) is 0 Å². The summed E-state index contributed by atoms with van der Waals surface area (Å²) in [5.41, 5.74) is 1.26. The molecule has 4 rings (SSSR count). The number of carbonyl (C=O) groups is 1. The number of hydrogen-bond donors (Lipinski definition) is 2. The van der Waals surface area contributed by atoms with Gasteiger partial charge in [0.2, 0.25) is 11.1 Å². The van der Waals surface area contributed by atoms with Crippen LogP contribution in [0.4, 0.5) is 0 Å². The van der Waals surface area contributed by atoms with E-state index in [0.29, 0.717) is 22.5 Å². The van der Waals surface area contributed by atoms with Gasteiger partial charge < -0.3 is 20.6 Å². The molecule has 1 aliphatic rings. The van der Waals surface area contributed by atoms with E-state index >= 15 is 0 Å². The van der Waals surface area contributed by atoms with E-state index in [-0.39, 0.29) is 24.3 Å². The molecule has 0 fully saturated rings. The summed E-state index contributed by atoms with van der Waals surface area (Å²) in [4.78, 5) is 12.3. The number of amides is 1. The lowest BCUT2D eigenvalue weighted by Gasteiger charge is -2.25. The lowest BCUT2D eigenvalue weighted by Crippen LogP contribution is -2.34. The van der Waals surface area contributed by atoms with Gasteiger partial charge in [-0.2, -0.15) is 0 Å². The van der Waals surface area contributed by atoms with Crippen molar-refractivity contribution in [2.45, 2.75) is 37.1 Å². The zero-order chi connectivity index (χ0) is 21.6. The summed E-state index contributed by atoms with van der Waals surface area (Å²) in [5, 5.41) is 11.7. The van der Waals surface area contributed by atoms with Crippen molar-refractivity contribution in [1.29, 1.82) is 0 Å². The van der Waals surface area contributed by atoms with Crippen molar-refractivity contribution in [3.8, 4) is 11.5 Å². The third-order valence-corrected chi connectivity index (χ3v) is 5.88. The van der Waals surface area contributed by atoms with Crippen LogP contribution in [0.15, 0.2) is 59.8 Å². The minimum absolute atomic E-state index is 0.0683. The summed E-state index contributed by atoms with van der Waals surface area (Å²) in [5.74, 6) is 8.07. The molecule has 0 radical (unpaired) electrons. The summed E-state index contributed by atoms with van der Waals surface area (Å²) < 4.78 is 13.0. The van der Waals surface area contributed by atoms with Crippen molar-refractivity contribution in [3.05, 3.63) is 66.0 Å². The maximum atomic E-state index is 12.3. The third-order valence-electron chi connectivity index (χ3n) is 4.94. The van der Waals surface area contributed by atoms with Crippen molar-refractivity contribution in [3.63, 3.8) is 0 Å². The van der Waals surface area contributed by atoms with Gasteiger partial charge in [0, 0.05) is 6.04 Å². The smallest absolute Gasteiger partial charge is 0.230 e. The Bertz CT molecular complexity index is 1030. The molecule has 31 heavy (non-hydrogen) atoms. The summed E-state index contributed by atoms with van der Waals surface area (Å²) >= 11 is 1.24. The normalized spacial score (nSPS) is 16.0. The number of ether oxygens (including phenoxy) is 2. The van der Waals surface area contributed by atoms with Crippen molar-refractivity contribution in [2.24, 2.45) is 0 Å². The summed E-state index contributed by atoms with van der Waals surface area (Å²) in [6.07, 6.45) is 1.33. The van der Waals surface area contributed by atoms with Crippen molar-refractivity contribution >= 4 is 17.7 Å². The average molecular weight is 440 g/mol. The van der Waals surface area contributed by atoms with Crippen LogP contribution in [0.2, 0.25) is 0 Å². The number of nitrogens with two attached hydrogens (primary N) is 1. The Morgan fingerprint density at radius 3 is 2.74 bits per heavy atom. The van der Waals surface area contributed by atoms with Crippen LogP contribution in [0, 0.1) is 0 Å². The van der Waals surface area contributed by atoms with Gasteiger partial charge in [-0.05, 0) is 37.5 Å². The molecule has 0 saturated carbocycles. The molecule has 9 heteroatoms. The molecule has 0 unspecified atom stereocenters. The van der Waals surface area contributed by atoms with Crippen LogP contribution in [-0.2, 0) is 11.2 Å². The van der Waals surface area contributed by atoms with Crippen molar-refractivity contribution < 1.29 is 14.3 Å². The molecule has 162 valence electrons. The highest BCUT2D eigenvalue weighted by Crippen LogP contribution is 2.35. The Kier molecular flexibility index (Phi) is 6.61. The first-order chi connectivity index (χ1) is 15.1. The fourth-order valence-electron chi connectivity index (χ4n) is 3.30. The second-order valence-electron chi connectivity index (χ2n) is 7.36. The molecule has 2 heterocycles. The Morgan fingerprint density at radius 2 is 1.94 bits per heavy atom. The molecule has 8 nitrogen and oxygen atoms in total. The predicted octanol–water partition coefficient (Wildman–Crippen LogP) is 2.73. The molecule has 0 saturated heterocycles. The number of thioether (sulfide) groups is 1. The van der Waals surface area contributed by atoms with Gasteiger partial charge in [0.25, 0.3) is 0 Å². The number of aromatic nitrogens is 3. The summed E-state index contributed by atoms with van der Waals surface area (Å²) in [6.45, 7) is 2.30. The van der Waals surface area contributed by atoms with Gasteiger partial charge in [0.15, 0.2) is 23.4 Å². The average Bonchev–Trinajstić information content (AvgIpc) is 3.17. The van der Waals surface area contributed by atoms with Gasteiger partial charge in [-0.15, -0.1) is 10.2 Å². The zero-order valence-electron chi connectivity index (χ0n) is 17.2. The Labute approximate surface area is 185 Å². The Hall–Kier alpha value is -3.20. The highest BCUT2D eigenvalue weighted by Gasteiger charge is 2.28. The van der Waals surface area contributed by atoms with Gasteiger partial charge in [-0.1, -0.05) is 54.2 Å². The molecule has 3 aromatic rings. The van der Waals surface area contributed by atoms with Gasteiger partial charge >= 0.3 is 0 Å². The first-order valence-corrected chi connectivity index (χ1v) is 11.1.